The Bertz CT molecular complexity index is 1250. The summed E-state index contributed by atoms with van der Waals surface area (Å²) in [7, 11) is 2.10. The Morgan fingerprint density at radius 3 is 2.46 bits per heavy atom. The van der Waals surface area contributed by atoms with Gasteiger partial charge in [-0.2, -0.15) is 0 Å². The minimum absolute atomic E-state index is 0.151. The zero-order valence-electron chi connectivity index (χ0n) is 20.6. The monoisotopic (exact) mass is 507 g/mol. The van der Waals surface area contributed by atoms with E-state index in [0.29, 0.717) is 29.4 Å². The fourth-order valence-corrected chi connectivity index (χ4v) is 4.60. The lowest BCUT2D eigenvalue weighted by Crippen LogP contribution is -2.34. The van der Waals surface area contributed by atoms with Crippen LogP contribution in [0.4, 0.5) is 30.6 Å². The number of nitrogens with zero attached hydrogens (tertiary/aromatic N) is 1. The molecule has 0 spiro atoms. The number of carbonyl (C=O) groups excluding carboxylic acids is 2. The van der Waals surface area contributed by atoms with E-state index in [1.807, 2.05) is 12.1 Å². The van der Waals surface area contributed by atoms with Gasteiger partial charge in [0.05, 0.1) is 17.4 Å². The highest BCUT2D eigenvalue weighted by Gasteiger charge is 2.24. The van der Waals surface area contributed by atoms with Crippen LogP contribution in [0.15, 0.2) is 66.7 Å². The molecule has 7 nitrogen and oxygen atoms in total. The van der Waals surface area contributed by atoms with E-state index < -0.39 is 17.7 Å². The van der Waals surface area contributed by atoms with Crippen LogP contribution in [-0.4, -0.2) is 36.5 Å². The lowest BCUT2D eigenvalue weighted by molar-refractivity contribution is 0.102. The smallest absolute Gasteiger partial charge is 0.319 e. The number of rotatable bonds is 8. The molecule has 1 aliphatic rings. The van der Waals surface area contributed by atoms with E-state index in [-0.39, 0.29) is 17.6 Å². The fraction of sp³-hybridized carbons (Fsp3) is 0.286. The lowest BCUT2D eigenvalue weighted by Gasteiger charge is -2.24. The Balaban J connectivity index is 1.46. The van der Waals surface area contributed by atoms with Crippen LogP contribution in [-0.2, 0) is 0 Å². The Morgan fingerprint density at radius 2 is 1.78 bits per heavy atom. The third-order valence-corrected chi connectivity index (χ3v) is 6.73. The van der Waals surface area contributed by atoms with Gasteiger partial charge in [0.1, 0.15) is 0 Å². The van der Waals surface area contributed by atoms with E-state index >= 15 is 0 Å². The molecule has 0 bridgehead atoms. The standard InChI is InChI=1S/C28H31F2N5O2/c1-35-16-4-5-21(35)13-15-25(34-28(37)32-20-12-14-22(29)23(30)17-20)18-8-10-19(11-9-18)27(36)33-26-7-3-2-6-24(26)31/h2-3,6-12,14,17,21,25H,4-5,13,15-16,31H2,1H3,(H,33,36)(H2,32,34,37). The predicted octanol–water partition coefficient (Wildman–Crippen LogP) is 5.54. The molecule has 5 N–H and O–H groups in total. The summed E-state index contributed by atoms with van der Waals surface area (Å²) in [6.45, 7) is 1.05. The van der Waals surface area contributed by atoms with Crippen LogP contribution in [0.5, 0.6) is 0 Å². The number of hydrogen-bond donors (Lipinski definition) is 4. The minimum atomic E-state index is -1.04. The van der Waals surface area contributed by atoms with E-state index in [1.165, 1.54) is 6.07 Å². The summed E-state index contributed by atoms with van der Waals surface area (Å²) >= 11 is 0. The molecule has 9 heteroatoms. The minimum Gasteiger partial charge on any atom is -0.397 e. The number of benzene rings is 3. The number of nitrogens with one attached hydrogen (secondary N) is 3. The molecule has 4 rings (SSSR count). The predicted molar refractivity (Wildman–Crippen MR) is 141 cm³/mol. The second-order valence-electron chi connectivity index (χ2n) is 9.30. The van der Waals surface area contributed by atoms with Crippen molar-refractivity contribution in [3.05, 3.63) is 89.5 Å². The maximum Gasteiger partial charge on any atom is 0.319 e. The second-order valence-corrected chi connectivity index (χ2v) is 9.30. The first-order valence-corrected chi connectivity index (χ1v) is 12.3. The van der Waals surface area contributed by atoms with Crippen molar-refractivity contribution in [2.75, 3.05) is 30.0 Å². The van der Waals surface area contributed by atoms with Gasteiger partial charge >= 0.3 is 6.03 Å². The third-order valence-electron chi connectivity index (χ3n) is 6.73. The summed E-state index contributed by atoms with van der Waals surface area (Å²) in [5.41, 5.74) is 8.36. The molecule has 0 aromatic heterocycles. The van der Waals surface area contributed by atoms with E-state index in [9.17, 15) is 18.4 Å². The van der Waals surface area contributed by atoms with Crippen LogP contribution in [0, 0.1) is 11.6 Å². The van der Waals surface area contributed by atoms with Crippen molar-refractivity contribution in [3.63, 3.8) is 0 Å². The van der Waals surface area contributed by atoms with Crippen molar-refractivity contribution in [1.29, 1.82) is 0 Å². The van der Waals surface area contributed by atoms with Gasteiger partial charge in [0.2, 0.25) is 0 Å². The number of halogens is 2. The van der Waals surface area contributed by atoms with Crippen LogP contribution in [0.25, 0.3) is 0 Å². The van der Waals surface area contributed by atoms with Gasteiger partial charge in [-0.05, 0) is 81.2 Å². The Morgan fingerprint density at radius 1 is 1.03 bits per heavy atom. The number of likely N-dealkylation sites (tertiary alicyclic amines) is 1. The SMILES string of the molecule is CN1CCCC1CCC(NC(=O)Nc1ccc(F)c(F)c1)c1ccc(C(=O)Nc2ccccc2N)cc1. The molecule has 1 fully saturated rings. The maximum atomic E-state index is 13.6. The molecule has 2 atom stereocenters. The van der Waals surface area contributed by atoms with Gasteiger partial charge in [-0.3, -0.25) is 4.79 Å². The van der Waals surface area contributed by atoms with Crippen molar-refractivity contribution in [2.45, 2.75) is 37.8 Å². The Hall–Kier alpha value is -3.98. The molecule has 3 aromatic carbocycles. The molecule has 0 saturated carbocycles. The van der Waals surface area contributed by atoms with E-state index in [4.69, 9.17) is 5.73 Å². The number of nitrogens with two attached hydrogens (primary N) is 1. The van der Waals surface area contributed by atoms with Crippen LogP contribution >= 0.6 is 0 Å². The molecule has 1 heterocycles. The van der Waals surface area contributed by atoms with Crippen LogP contribution in [0.1, 0.15) is 47.6 Å². The number of anilines is 3. The van der Waals surface area contributed by atoms with Crippen molar-refractivity contribution in [1.82, 2.24) is 10.2 Å². The average molecular weight is 508 g/mol. The summed E-state index contributed by atoms with van der Waals surface area (Å²) in [5, 5.41) is 8.32. The third kappa shape index (κ3) is 6.83. The summed E-state index contributed by atoms with van der Waals surface area (Å²) in [6, 6.07) is 16.8. The largest absolute Gasteiger partial charge is 0.397 e. The molecular formula is C28H31F2N5O2. The fourth-order valence-electron chi connectivity index (χ4n) is 4.60. The van der Waals surface area contributed by atoms with Gasteiger partial charge in [-0.15, -0.1) is 0 Å². The summed E-state index contributed by atoms with van der Waals surface area (Å²) < 4.78 is 26.8. The van der Waals surface area contributed by atoms with Crippen molar-refractivity contribution < 1.29 is 18.4 Å². The number of nitrogen functional groups attached to an aromatic ring is 1. The number of urea groups is 1. The zero-order valence-corrected chi connectivity index (χ0v) is 20.6. The molecule has 3 amide bonds. The number of amides is 3. The van der Waals surface area contributed by atoms with E-state index in [0.717, 1.165) is 43.5 Å². The van der Waals surface area contributed by atoms with Crippen LogP contribution in [0.2, 0.25) is 0 Å². The first kappa shape index (κ1) is 26.1. The Labute approximate surface area is 215 Å². The number of carbonyl (C=O) groups is 2. The van der Waals surface area contributed by atoms with Gasteiger partial charge in [0.15, 0.2) is 11.6 Å². The zero-order chi connectivity index (χ0) is 26.4. The second kappa shape index (κ2) is 11.8. The van der Waals surface area contributed by atoms with Crippen LogP contribution < -0.4 is 21.7 Å². The molecule has 1 saturated heterocycles. The number of para-hydroxylation sites is 2. The average Bonchev–Trinajstić information content (AvgIpc) is 3.30. The molecule has 0 aliphatic carbocycles. The molecule has 2 unspecified atom stereocenters. The van der Waals surface area contributed by atoms with Crippen molar-refractivity contribution in [3.8, 4) is 0 Å². The number of hydrogen-bond acceptors (Lipinski definition) is 4. The van der Waals surface area contributed by atoms with Crippen LogP contribution in [0.3, 0.4) is 0 Å². The van der Waals surface area contributed by atoms with E-state index in [1.54, 1.807) is 36.4 Å². The van der Waals surface area contributed by atoms with Gasteiger partial charge in [0.25, 0.3) is 5.91 Å². The van der Waals surface area contributed by atoms with Gasteiger partial charge < -0.3 is 26.6 Å². The van der Waals surface area contributed by atoms with Gasteiger partial charge in [-0.25, -0.2) is 13.6 Å². The molecule has 3 aromatic rings. The lowest BCUT2D eigenvalue weighted by atomic mass is 9.97. The molecule has 1 aliphatic heterocycles. The first-order valence-electron chi connectivity index (χ1n) is 12.3. The van der Waals surface area contributed by atoms with Crippen molar-refractivity contribution >= 4 is 29.0 Å². The van der Waals surface area contributed by atoms with Crippen molar-refractivity contribution in [2.24, 2.45) is 0 Å². The van der Waals surface area contributed by atoms with Gasteiger partial charge in [0, 0.05) is 23.4 Å². The molecule has 37 heavy (non-hydrogen) atoms. The quantitative estimate of drug-likeness (QED) is 0.301. The normalized spacial score (nSPS) is 16.2. The highest BCUT2D eigenvalue weighted by molar-refractivity contribution is 6.05. The topological polar surface area (TPSA) is 99.5 Å². The van der Waals surface area contributed by atoms with Gasteiger partial charge in [-0.1, -0.05) is 24.3 Å². The molecule has 194 valence electrons. The highest BCUT2D eigenvalue weighted by atomic mass is 19.2. The maximum absolute atomic E-state index is 13.6. The highest BCUT2D eigenvalue weighted by Crippen LogP contribution is 2.26. The molecule has 0 radical (unpaired) electrons. The first-order chi connectivity index (χ1) is 17.8. The summed E-state index contributed by atoms with van der Waals surface area (Å²) in [5.74, 6) is -2.31. The molecular weight excluding hydrogens is 476 g/mol. The summed E-state index contributed by atoms with van der Waals surface area (Å²) in [4.78, 5) is 27.8. The summed E-state index contributed by atoms with van der Waals surface area (Å²) in [6.07, 6.45) is 3.80. The van der Waals surface area contributed by atoms with E-state index in [2.05, 4.69) is 27.9 Å². The Kier molecular flexibility index (Phi) is 8.35.